The molecule has 28 heavy (non-hydrogen) atoms. The molecule has 0 spiro atoms. The number of anilines is 1. The van der Waals surface area contributed by atoms with Gasteiger partial charge in [-0.05, 0) is 17.7 Å². The monoisotopic (exact) mass is 374 g/mol. The summed E-state index contributed by atoms with van der Waals surface area (Å²) in [4.78, 5) is 16.8. The number of amides is 1. The van der Waals surface area contributed by atoms with Crippen LogP contribution in [0.4, 0.5) is 5.95 Å². The highest BCUT2D eigenvalue weighted by molar-refractivity contribution is 6.03. The predicted molar refractivity (Wildman–Crippen MR) is 104 cm³/mol. The van der Waals surface area contributed by atoms with Gasteiger partial charge in [0.1, 0.15) is 6.33 Å². The molecule has 0 atom stereocenters. The number of rotatable bonds is 6. The second-order valence-corrected chi connectivity index (χ2v) is 6.03. The number of carbonyl (C=O) groups is 1. The van der Waals surface area contributed by atoms with Crippen LogP contribution in [-0.2, 0) is 6.54 Å². The fourth-order valence-electron chi connectivity index (χ4n) is 2.74. The number of nitrogens with zero attached hydrogens (tertiary/aromatic N) is 5. The molecule has 0 unspecified atom stereocenters. The number of aromatic nitrogens is 5. The highest BCUT2D eigenvalue weighted by Gasteiger charge is 2.19. The van der Waals surface area contributed by atoms with Crippen LogP contribution in [0.2, 0.25) is 0 Å². The fraction of sp³-hybridized carbons (Fsp3) is 0.100. The average Bonchev–Trinajstić information content (AvgIpc) is 3.36. The Hall–Kier alpha value is -3.94. The normalized spacial score (nSPS) is 10.6. The zero-order valence-corrected chi connectivity index (χ0v) is 15.2. The van der Waals surface area contributed by atoms with Crippen molar-refractivity contribution in [2.24, 2.45) is 0 Å². The van der Waals surface area contributed by atoms with E-state index in [0.717, 1.165) is 11.3 Å². The highest BCUT2D eigenvalue weighted by Crippen LogP contribution is 2.20. The third kappa shape index (κ3) is 3.75. The number of methoxy groups -OCH3 is 1. The van der Waals surface area contributed by atoms with Gasteiger partial charge < -0.3 is 4.74 Å². The van der Waals surface area contributed by atoms with Gasteiger partial charge >= 0.3 is 0 Å². The molecular weight excluding hydrogens is 356 g/mol. The van der Waals surface area contributed by atoms with E-state index in [-0.39, 0.29) is 11.6 Å². The van der Waals surface area contributed by atoms with Gasteiger partial charge in [-0.2, -0.15) is 5.10 Å². The Labute approximate surface area is 161 Å². The minimum Gasteiger partial charge on any atom is -0.493 e. The van der Waals surface area contributed by atoms with E-state index in [1.54, 1.807) is 21.9 Å². The first-order valence-electron chi connectivity index (χ1n) is 8.67. The number of nitrogens with one attached hydrogen (secondary N) is 1. The molecule has 0 saturated carbocycles. The Morgan fingerprint density at radius 3 is 2.46 bits per heavy atom. The summed E-state index contributed by atoms with van der Waals surface area (Å²) in [6.45, 7) is 0.565. The molecule has 4 aromatic rings. The molecule has 0 aliphatic rings. The molecule has 0 saturated heterocycles. The van der Waals surface area contributed by atoms with Crippen molar-refractivity contribution in [1.82, 2.24) is 24.5 Å². The Balaban J connectivity index is 1.50. The molecule has 0 fully saturated rings. The molecule has 0 aliphatic heterocycles. The minimum atomic E-state index is -0.441. The Kier molecular flexibility index (Phi) is 4.83. The van der Waals surface area contributed by atoms with Crippen molar-refractivity contribution in [3.05, 3.63) is 84.4 Å². The first kappa shape index (κ1) is 17.5. The van der Waals surface area contributed by atoms with E-state index in [2.05, 4.69) is 20.5 Å². The molecule has 2 aromatic heterocycles. The number of ether oxygens (including phenoxy) is 1. The molecule has 8 heteroatoms. The smallest absolute Gasteiger partial charge is 0.282 e. The van der Waals surface area contributed by atoms with Gasteiger partial charge in [-0.15, -0.1) is 5.10 Å². The summed E-state index contributed by atoms with van der Waals surface area (Å²) in [6.07, 6.45) is 3.23. The van der Waals surface area contributed by atoms with Gasteiger partial charge in [0.15, 0.2) is 11.4 Å². The quantitative estimate of drug-likeness (QED) is 0.561. The summed E-state index contributed by atoms with van der Waals surface area (Å²) in [5, 5.41) is 11.3. The van der Waals surface area contributed by atoms with Gasteiger partial charge in [-0.1, -0.05) is 48.5 Å². The van der Waals surface area contributed by atoms with E-state index in [4.69, 9.17) is 4.74 Å². The first-order chi connectivity index (χ1) is 13.7. The SMILES string of the molecule is COc1cn(-c2ccccc2)nc1C(=O)Nc1ncn(Cc2ccccc2)n1. The van der Waals surface area contributed by atoms with Gasteiger partial charge in [0.25, 0.3) is 5.91 Å². The lowest BCUT2D eigenvalue weighted by atomic mass is 10.2. The van der Waals surface area contributed by atoms with Crippen molar-refractivity contribution in [1.29, 1.82) is 0 Å². The Bertz CT molecular complexity index is 1070. The molecule has 2 heterocycles. The molecule has 8 nitrogen and oxygen atoms in total. The maximum atomic E-state index is 12.6. The van der Waals surface area contributed by atoms with E-state index >= 15 is 0 Å². The summed E-state index contributed by atoms with van der Waals surface area (Å²) in [5.41, 5.74) is 2.07. The summed E-state index contributed by atoms with van der Waals surface area (Å²) >= 11 is 0. The van der Waals surface area contributed by atoms with Gasteiger partial charge in [-0.25, -0.2) is 14.3 Å². The lowest BCUT2D eigenvalue weighted by Gasteiger charge is -2.01. The van der Waals surface area contributed by atoms with Crippen LogP contribution in [0.25, 0.3) is 5.69 Å². The van der Waals surface area contributed by atoms with Gasteiger partial charge in [0.2, 0.25) is 5.95 Å². The van der Waals surface area contributed by atoms with E-state index in [1.165, 1.54) is 7.11 Å². The summed E-state index contributed by atoms with van der Waals surface area (Å²) in [7, 11) is 1.50. The third-order valence-electron chi connectivity index (χ3n) is 4.09. The van der Waals surface area contributed by atoms with Gasteiger partial charge in [-0.3, -0.25) is 10.1 Å². The number of hydrogen-bond acceptors (Lipinski definition) is 5. The second kappa shape index (κ2) is 7.75. The fourth-order valence-corrected chi connectivity index (χ4v) is 2.74. The predicted octanol–water partition coefficient (Wildman–Crippen LogP) is 2.77. The van der Waals surface area contributed by atoms with Crippen molar-refractivity contribution >= 4 is 11.9 Å². The van der Waals surface area contributed by atoms with Crippen molar-refractivity contribution in [2.45, 2.75) is 6.54 Å². The van der Waals surface area contributed by atoms with Crippen LogP contribution in [0.3, 0.4) is 0 Å². The van der Waals surface area contributed by atoms with Crippen molar-refractivity contribution in [2.75, 3.05) is 12.4 Å². The lowest BCUT2D eigenvalue weighted by molar-refractivity contribution is 0.101. The van der Waals surface area contributed by atoms with Gasteiger partial charge in [0.05, 0.1) is 25.5 Å². The number of hydrogen-bond donors (Lipinski definition) is 1. The maximum Gasteiger partial charge on any atom is 0.282 e. The number of carbonyl (C=O) groups excluding carboxylic acids is 1. The van der Waals surface area contributed by atoms with Crippen LogP contribution in [0.15, 0.2) is 73.2 Å². The van der Waals surface area contributed by atoms with Crippen LogP contribution >= 0.6 is 0 Å². The standard InChI is InChI=1S/C20H18N6O2/c1-28-17-13-26(16-10-6-3-7-11-16)23-18(17)19(27)22-20-21-14-25(24-20)12-15-8-4-2-5-9-15/h2-11,13-14H,12H2,1H3,(H,22,24,27). The first-order valence-corrected chi connectivity index (χ1v) is 8.67. The molecular formula is C20H18N6O2. The second-order valence-electron chi connectivity index (χ2n) is 6.03. The van der Waals surface area contributed by atoms with Crippen LogP contribution in [0.5, 0.6) is 5.75 Å². The third-order valence-corrected chi connectivity index (χ3v) is 4.09. The molecule has 1 amide bonds. The minimum absolute atomic E-state index is 0.158. The van der Waals surface area contributed by atoms with Crippen LogP contribution in [0.1, 0.15) is 16.1 Å². The molecule has 4 rings (SSSR count). The van der Waals surface area contributed by atoms with E-state index in [0.29, 0.717) is 12.3 Å². The molecule has 0 radical (unpaired) electrons. The van der Waals surface area contributed by atoms with Crippen molar-refractivity contribution < 1.29 is 9.53 Å². The van der Waals surface area contributed by atoms with Crippen molar-refractivity contribution in [3.63, 3.8) is 0 Å². The maximum absolute atomic E-state index is 12.6. The lowest BCUT2D eigenvalue weighted by Crippen LogP contribution is -2.15. The Morgan fingerprint density at radius 2 is 1.75 bits per heavy atom. The zero-order valence-electron chi connectivity index (χ0n) is 15.2. The van der Waals surface area contributed by atoms with Crippen molar-refractivity contribution in [3.8, 4) is 11.4 Å². The van der Waals surface area contributed by atoms with Crippen LogP contribution in [0, 0.1) is 0 Å². The summed E-state index contributed by atoms with van der Waals surface area (Å²) in [5.74, 6) is 0.131. The summed E-state index contributed by atoms with van der Waals surface area (Å²) in [6, 6.07) is 19.4. The van der Waals surface area contributed by atoms with Gasteiger partial charge in [0, 0.05) is 0 Å². The Morgan fingerprint density at radius 1 is 1.04 bits per heavy atom. The molecule has 140 valence electrons. The number of benzene rings is 2. The average molecular weight is 374 g/mol. The van der Waals surface area contributed by atoms with Crippen LogP contribution in [-0.4, -0.2) is 37.6 Å². The topological polar surface area (TPSA) is 86.9 Å². The molecule has 0 bridgehead atoms. The largest absolute Gasteiger partial charge is 0.493 e. The van der Waals surface area contributed by atoms with E-state index in [1.807, 2.05) is 60.7 Å². The molecule has 0 aliphatic carbocycles. The van der Waals surface area contributed by atoms with E-state index in [9.17, 15) is 4.79 Å². The molecule has 1 N–H and O–H groups in total. The van der Waals surface area contributed by atoms with E-state index < -0.39 is 5.91 Å². The zero-order chi connectivity index (χ0) is 19.3. The van der Waals surface area contributed by atoms with Crippen LogP contribution < -0.4 is 10.1 Å². The number of para-hydroxylation sites is 1. The highest BCUT2D eigenvalue weighted by atomic mass is 16.5. The summed E-state index contributed by atoms with van der Waals surface area (Å²) < 4.78 is 8.55. The molecule has 2 aromatic carbocycles.